The molecular weight excluding hydrogens is 304 g/mol. The van der Waals surface area contributed by atoms with Gasteiger partial charge in [-0.15, -0.1) is 0 Å². The van der Waals surface area contributed by atoms with Crippen molar-refractivity contribution in [3.05, 3.63) is 42.7 Å². The van der Waals surface area contributed by atoms with E-state index in [-0.39, 0.29) is 0 Å². The molecule has 0 N–H and O–H groups in total. The molecule has 0 spiro atoms. The first-order valence-electron chi connectivity index (χ1n) is 7.93. The van der Waals surface area contributed by atoms with Crippen LogP contribution in [0.1, 0.15) is 0 Å². The van der Waals surface area contributed by atoms with Crippen molar-refractivity contribution < 1.29 is 9.47 Å². The maximum Gasteiger partial charge on any atom is 0.212 e. The zero-order valence-electron chi connectivity index (χ0n) is 13.5. The van der Waals surface area contributed by atoms with Crippen LogP contribution in [-0.4, -0.2) is 48.4 Å². The number of fused-ring (bicyclic) bond motifs is 1. The van der Waals surface area contributed by atoms with Crippen LogP contribution in [0.4, 0.5) is 5.82 Å². The molecule has 2 aromatic heterocycles. The molecule has 0 amide bonds. The Kier molecular flexibility index (Phi) is 3.96. The summed E-state index contributed by atoms with van der Waals surface area (Å²) in [5, 5.41) is 0. The topological polar surface area (TPSA) is 60.4 Å². The fourth-order valence-electron chi connectivity index (χ4n) is 2.80. The highest BCUT2D eigenvalue weighted by Gasteiger charge is 2.13. The minimum atomic E-state index is 0.605. The van der Waals surface area contributed by atoms with Gasteiger partial charge in [0.05, 0.1) is 37.6 Å². The lowest BCUT2D eigenvalue weighted by Crippen LogP contribution is -2.36. The van der Waals surface area contributed by atoms with Crippen LogP contribution in [0.5, 0.6) is 5.88 Å². The molecule has 1 fully saturated rings. The van der Waals surface area contributed by atoms with Gasteiger partial charge in [0.2, 0.25) is 5.88 Å². The third-order valence-electron chi connectivity index (χ3n) is 4.14. The standard InChI is InChI=1S/C18H18N4O2/c1-23-18-5-3-14(11-20-18)13-2-4-15-16(10-13)21-17(12-19-15)22-6-8-24-9-7-22/h2-5,10-12H,6-9H2,1H3. The fourth-order valence-corrected chi connectivity index (χ4v) is 2.80. The van der Waals surface area contributed by atoms with E-state index < -0.39 is 0 Å². The summed E-state index contributed by atoms with van der Waals surface area (Å²) >= 11 is 0. The van der Waals surface area contributed by atoms with Crippen molar-refractivity contribution >= 4 is 16.9 Å². The van der Waals surface area contributed by atoms with Crippen molar-refractivity contribution in [3.63, 3.8) is 0 Å². The summed E-state index contributed by atoms with van der Waals surface area (Å²) in [7, 11) is 1.61. The number of benzene rings is 1. The average Bonchev–Trinajstić information content (AvgIpc) is 2.68. The Morgan fingerprint density at radius 1 is 0.958 bits per heavy atom. The zero-order valence-corrected chi connectivity index (χ0v) is 13.5. The van der Waals surface area contributed by atoms with E-state index in [0.717, 1.165) is 54.3 Å². The third-order valence-corrected chi connectivity index (χ3v) is 4.14. The van der Waals surface area contributed by atoms with Gasteiger partial charge in [-0.25, -0.2) is 9.97 Å². The second-order valence-corrected chi connectivity index (χ2v) is 5.62. The van der Waals surface area contributed by atoms with E-state index >= 15 is 0 Å². The molecule has 0 radical (unpaired) electrons. The minimum Gasteiger partial charge on any atom is -0.481 e. The van der Waals surface area contributed by atoms with Crippen LogP contribution in [0, 0.1) is 0 Å². The van der Waals surface area contributed by atoms with E-state index in [0.29, 0.717) is 5.88 Å². The van der Waals surface area contributed by atoms with E-state index in [1.165, 1.54) is 0 Å². The first kappa shape index (κ1) is 14.8. The molecular formula is C18H18N4O2. The molecule has 122 valence electrons. The number of aromatic nitrogens is 3. The van der Waals surface area contributed by atoms with Gasteiger partial charge in [0.25, 0.3) is 0 Å². The van der Waals surface area contributed by atoms with Crippen molar-refractivity contribution in [1.29, 1.82) is 0 Å². The van der Waals surface area contributed by atoms with Gasteiger partial charge in [-0.2, -0.15) is 0 Å². The number of hydrogen-bond donors (Lipinski definition) is 0. The summed E-state index contributed by atoms with van der Waals surface area (Å²) < 4.78 is 10.5. The van der Waals surface area contributed by atoms with Gasteiger partial charge in [0.1, 0.15) is 5.82 Å². The van der Waals surface area contributed by atoms with Crippen molar-refractivity contribution in [2.24, 2.45) is 0 Å². The van der Waals surface area contributed by atoms with Crippen molar-refractivity contribution in [1.82, 2.24) is 15.0 Å². The first-order chi connectivity index (χ1) is 11.8. The summed E-state index contributed by atoms with van der Waals surface area (Å²) in [6.07, 6.45) is 3.64. The van der Waals surface area contributed by atoms with Crippen LogP contribution in [0.3, 0.4) is 0 Å². The van der Waals surface area contributed by atoms with Crippen LogP contribution >= 0.6 is 0 Å². The average molecular weight is 322 g/mol. The molecule has 0 bridgehead atoms. The van der Waals surface area contributed by atoms with E-state index in [4.69, 9.17) is 14.5 Å². The second kappa shape index (κ2) is 6.41. The van der Waals surface area contributed by atoms with E-state index in [1.807, 2.05) is 30.5 Å². The monoisotopic (exact) mass is 322 g/mol. The van der Waals surface area contributed by atoms with Gasteiger partial charge < -0.3 is 14.4 Å². The predicted octanol–water partition coefficient (Wildman–Crippen LogP) is 2.54. The molecule has 24 heavy (non-hydrogen) atoms. The number of morpholine rings is 1. The first-order valence-corrected chi connectivity index (χ1v) is 7.93. The fraction of sp³-hybridized carbons (Fsp3) is 0.278. The molecule has 0 unspecified atom stereocenters. The molecule has 0 atom stereocenters. The highest BCUT2D eigenvalue weighted by Crippen LogP contribution is 2.24. The van der Waals surface area contributed by atoms with Gasteiger partial charge in [0, 0.05) is 30.9 Å². The molecule has 6 heteroatoms. The van der Waals surface area contributed by atoms with Crippen LogP contribution in [0.15, 0.2) is 42.7 Å². The molecule has 1 aliphatic heterocycles. The highest BCUT2D eigenvalue weighted by molar-refractivity contribution is 5.82. The van der Waals surface area contributed by atoms with Gasteiger partial charge in [0.15, 0.2) is 0 Å². The number of hydrogen-bond acceptors (Lipinski definition) is 6. The highest BCUT2D eigenvalue weighted by atomic mass is 16.5. The largest absolute Gasteiger partial charge is 0.481 e. The van der Waals surface area contributed by atoms with Crippen molar-refractivity contribution in [3.8, 4) is 17.0 Å². The van der Waals surface area contributed by atoms with Gasteiger partial charge in [-0.1, -0.05) is 6.07 Å². The molecule has 1 aromatic carbocycles. The Balaban J connectivity index is 1.69. The molecule has 3 heterocycles. The predicted molar refractivity (Wildman–Crippen MR) is 92.4 cm³/mol. The van der Waals surface area contributed by atoms with Gasteiger partial charge >= 0.3 is 0 Å². The SMILES string of the molecule is COc1ccc(-c2ccc3ncc(N4CCOCC4)nc3c2)cn1. The molecule has 0 aliphatic carbocycles. The van der Waals surface area contributed by atoms with Crippen LogP contribution in [-0.2, 0) is 4.74 Å². The Hall–Kier alpha value is -2.73. The summed E-state index contributed by atoms with van der Waals surface area (Å²) in [5.41, 5.74) is 3.85. The van der Waals surface area contributed by atoms with Gasteiger partial charge in [-0.3, -0.25) is 4.98 Å². The summed E-state index contributed by atoms with van der Waals surface area (Å²) in [6, 6.07) is 9.93. The Labute approximate surface area is 140 Å². The van der Waals surface area contributed by atoms with Crippen LogP contribution in [0.25, 0.3) is 22.2 Å². The molecule has 6 nitrogen and oxygen atoms in total. The van der Waals surface area contributed by atoms with Gasteiger partial charge in [-0.05, 0) is 23.8 Å². The zero-order chi connectivity index (χ0) is 16.4. The number of methoxy groups -OCH3 is 1. The molecule has 1 aliphatic rings. The molecule has 3 aromatic rings. The van der Waals surface area contributed by atoms with E-state index in [1.54, 1.807) is 13.3 Å². The Morgan fingerprint density at radius 3 is 2.54 bits per heavy atom. The van der Waals surface area contributed by atoms with Crippen molar-refractivity contribution in [2.75, 3.05) is 38.3 Å². The maximum absolute atomic E-state index is 5.40. The number of nitrogens with zero attached hydrogens (tertiary/aromatic N) is 4. The molecule has 4 rings (SSSR count). The normalized spacial score (nSPS) is 14.8. The minimum absolute atomic E-state index is 0.605. The third kappa shape index (κ3) is 2.88. The molecule has 1 saturated heterocycles. The van der Waals surface area contributed by atoms with Crippen LogP contribution < -0.4 is 9.64 Å². The number of rotatable bonds is 3. The maximum atomic E-state index is 5.40. The second-order valence-electron chi connectivity index (χ2n) is 5.62. The number of ether oxygens (including phenoxy) is 2. The Bertz CT molecular complexity index is 845. The smallest absolute Gasteiger partial charge is 0.212 e. The lowest BCUT2D eigenvalue weighted by atomic mass is 10.1. The van der Waals surface area contributed by atoms with E-state index in [2.05, 4.69) is 20.9 Å². The Morgan fingerprint density at radius 2 is 1.79 bits per heavy atom. The van der Waals surface area contributed by atoms with Crippen LogP contribution in [0.2, 0.25) is 0 Å². The van der Waals surface area contributed by atoms with Crippen molar-refractivity contribution in [2.45, 2.75) is 0 Å². The summed E-state index contributed by atoms with van der Waals surface area (Å²) in [4.78, 5) is 15.8. The summed E-state index contributed by atoms with van der Waals surface area (Å²) in [6.45, 7) is 3.17. The molecule has 0 saturated carbocycles. The summed E-state index contributed by atoms with van der Waals surface area (Å²) in [5.74, 6) is 1.50. The van der Waals surface area contributed by atoms with E-state index in [9.17, 15) is 0 Å². The lowest BCUT2D eigenvalue weighted by molar-refractivity contribution is 0.122. The quantitative estimate of drug-likeness (QED) is 0.738. The number of pyridine rings is 1. The lowest BCUT2D eigenvalue weighted by Gasteiger charge is -2.27. The number of anilines is 1.